The van der Waals surface area contributed by atoms with E-state index in [2.05, 4.69) is 4.72 Å². The fourth-order valence-corrected chi connectivity index (χ4v) is 1.54. The summed E-state index contributed by atoms with van der Waals surface area (Å²) in [7, 11) is -3.50. The normalized spacial score (nSPS) is 10.4. The van der Waals surface area contributed by atoms with E-state index in [-0.39, 0.29) is 0 Å². The van der Waals surface area contributed by atoms with Crippen LogP contribution in [0.25, 0.3) is 0 Å². The van der Waals surface area contributed by atoms with Crippen molar-refractivity contribution in [2.24, 2.45) is 0 Å². The van der Waals surface area contributed by atoms with E-state index >= 15 is 0 Å². The molecule has 0 atom stereocenters. The van der Waals surface area contributed by atoms with Crippen molar-refractivity contribution in [2.75, 3.05) is 10.5 Å². The van der Waals surface area contributed by atoms with Gasteiger partial charge in [-0.3, -0.25) is 4.72 Å². The fraction of sp³-hybridized carbons (Fsp3) is 0.125. The second-order valence-corrected chi connectivity index (χ2v) is 4.11. The quantitative estimate of drug-likeness (QED) is 0.782. The molecule has 1 aromatic rings. The van der Waals surface area contributed by atoms with Gasteiger partial charge in [-0.2, -0.15) is 5.26 Å². The summed E-state index contributed by atoms with van der Waals surface area (Å²) in [5.74, 6) is -0.526. The van der Waals surface area contributed by atoms with Crippen LogP contribution in [0.5, 0.6) is 0 Å². The van der Waals surface area contributed by atoms with Gasteiger partial charge in [-0.05, 0) is 12.1 Å². The number of nitrogens with one attached hydrogen (secondary N) is 1. The minimum Gasteiger partial charge on any atom is -0.283 e. The Morgan fingerprint density at radius 1 is 1.31 bits per heavy atom. The van der Waals surface area contributed by atoms with Gasteiger partial charge in [0, 0.05) is 5.69 Å². The first-order chi connectivity index (χ1) is 6.14. The molecule has 0 saturated carbocycles. The molecule has 0 saturated heterocycles. The summed E-state index contributed by atoms with van der Waals surface area (Å²) in [5, 5.41) is 8.21. The number of rotatable bonds is 3. The molecule has 0 radical (unpaired) electrons. The van der Waals surface area contributed by atoms with E-state index in [4.69, 9.17) is 5.26 Å². The van der Waals surface area contributed by atoms with E-state index in [0.29, 0.717) is 5.69 Å². The summed E-state index contributed by atoms with van der Waals surface area (Å²) in [6, 6.07) is 10.0. The molecule has 0 spiro atoms. The van der Waals surface area contributed by atoms with E-state index in [1.54, 1.807) is 36.4 Å². The molecule has 0 aliphatic rings. The second kappa shape index (κ2) is 3.92. The SMILES string of the molecule is N#CCS(=O)(=O)Nc1ccccc1. The van der Waals surface area contributed by atoms with Gasteiger partial charge in [0.2, 0.25) is 10.0 Å². The highest BCUT2D eigenvalue weighted by atomic mass is 32.2. The van der Waals surface area contributed by atoms with Crippen LogP contribution in [-0.4, -0.2) is 14.2 Å². The number of para-hydroxylation sites is 1. The average Bonchev–Trinajstić information content (AvgIpc) is 2.04. The Morgan fingerprint density at radius 3 is 2.46 bits per heavy atom. The summed E-state index contributed by atoms with van der Waals surface area (Å²) in [6.45, 7) is 0. The van der Waals surface area contributed by atoms with Crippen molar-refractivity contribution in [1.82, 2.24) is 0 Å². The van der Waals surface area contributed by atoms with E-state index in [9.17, 15) is 8.42 Å². The number of nitriles is 1. The highest BCUT2D eigenvalue weighted by molar-refractivity contribution is 7.92. The number of benzene rings is 1. The van der Waals surface area contributed by atoms with Gasteiger partial charge in [-0.25, -0.2) is 8.42 Å². The maximum absolute atomic E-state index is 11.1. The minimum atomic E-state index is -3.50. The zero-order valence-corrected chi connectivity index (χ0v) is 7.58. The molecule has 4 nitrogen and oxygen atoms in total. The van der Waals surface area contributed by atoms with Crippen LogP contribution >= 0.6 is 0 Å². The van der Waals surface area contributed by atoms with Crippen LogP contribution in [0.4, 0.5) is 5.69 Å². The zero-order chi connectivity index (χ0) is 9.73. The Morgan fingerprint density at radius 2 is 1.92 bits per heavy atom. The first-order valence-corrected chi connectivity index (χ1v) is 5.22. The molecule has 0 amide bonds. The maximum atomic E-state index is 11.1. The predicted molar refractivity (Wildman–Crippen MR) is 49.5 cm³/mol. The largest absolute Gasteiger partial charge is 0.283 e. The first-order valence-electron chi connectivity index (χ1n) is 3.56. The Labute approximate surface area is 76.9 Å². The van der Waals surface area contributed by atoms with Gasteiger partial charge in [0.05, 0.1) is 6.07 Å². The van der Waals surface area contributed by atoms with Gasteiger partial charge < -0.3 is 0 Å². The number of hydrogen-bond donors (Lipinski definition) is 1. The number of sulfonamides is 1. The number of hydrogen-bond acceptors (Lipinski definition) is 3. The maximum Gasteiger partial charge on any atom is 0.246 e. The molecule has 1 aromatic carbocycles. The molecule has 0 heterocycles. The van der Waals surface area contributed by atoms with Gasteiger partial charge in [0.15, 0.2) is 5.75 Å². The summed E-state index contributed by atoms with van der Waals surface area (Å²) in [6.07, 6.45) is 0. The smallest absolute Gasteiger partial charge is 0.246 e. The van der Waals surface area contributed by atoms with Crippen LogP contribution in [0.3, 0.4) is 0 Å². The molecule has 1 rings (SSSR count). The Kier molecular flexibility index (Phi) is 2.88. The Hall–Kier alpha value is -1.54. The van der Waals surface area contributed by atoms with Crippen molar-refractivity contribution in [3.05, 3.63) is 30.3 Å². The molecular formula is C8H8N2O2S. The molecule has 1 N–H and O–H groups in total. The average molecular weight is 196 g/mol. The van der Waals surface area contributed by atoms with Crippen LogP contribution in [0.15, 0.2) is 30.3 Å². The lowest BCUT2D eigenvalue weighted by Gasteiger charge is -2.03. The third-order valence-electron chi connectivity index (χ3n) is 1.30. The van der Waals surface area contributed by atoms with Crippen molar-refractivity contribution in [1.29, 1.82) is 5.26 Å². The second-order valence-electron chi connectivity index (χ2n) is 2.39. The lowest BCUT2D eigenvalue weighted by atomic mass is 10.3. The molecule has 5 heteroatoms. The summed E-state index contributed by atoms with van der Waals surface area (Å²) < 4.78 is 24.4. The molecule has 0 aromatic heterocycles. The number of nitrogens with zero attached hydrogens (tertiary/aromatic N) is 1. The third-order valence-corrected chi connectivity index (χ3v) is 2.36. The van der Waals surface area contributed by atoms with E-state index < -0.39 is 15.8 Å². The summed E-state index contributed by atoms with van der Waals surface area (Å²) >= 11 is 0. The topological polar surface area (TPSA) is 70.0 Å². The highest BCUT2D eigenvalue weighted by Crippen LogP contribution is 2.07. The predicted octanol–water partition coefficient (Wildman–Crippen LogP) is 0.952. The molecule has 0 aliphatic heterocycles. The molecule has 68 valence electrons. The Bertz CT molecular complexity index is 406. The summed E-state index contributed by atoms with van der Waals surface area (Å²) in [5.41, 5.74) is 0.470. The lowest BCUT2D eigenvalue weighted by molar-refractivity contribution is 0.604. The first kappa shape index (κ1) is 9.55. The fourth-order valence-electron chi connectivity index (χ4n) is 0.807. The summed E-state index contributed by atoms with van der Waals surface area (Å²) in [4.78, 5) is 0. The number of anilines is 1. The molecule has 13 heavy (non-hydrogen) atoms. The van der Waals surface area contributed by atoms with Crippen LogP contribution in [0.1, 0.15) is 0 Å². The van der Waals surface area contributed by atoms with Crippen LogP contribution < -0.4 is 4.72 Å². The highest BCUT2D eigenvalue weighted by Gasteiger charge is 2.07. The standard InChI is InChI=1S/C8H8N2O2S/c9-6-7-13(11,12)10-8-4-2-1-3-5-8/h1-5,10H,7H2. The van der Waals surface area contributed by atoms with Gasteiger partial charge in [-0.1, -0.05) is 18.2 Å². The van der Waals surface area contributed by atoms with Gasteiger partial charge in [0.25, 0.3) is 0 Å². The van der Waals surface area contributed by atoms with E-state index in [1.165, 1.54) is 0 Å². The monoisotopic (exact) mass is 196 g/mol. The van der Waals surface area contributed by atoms with Crippen molar-refractivity contribution in [3.63, 3.8) is 0 Å². The van der Waals surface area contributed by atoms with Crippen LogP contribution in [0, 0.1) is 11.3 Å². The van der Waals surface area contributed by atoms with Crippen LogP contribution in [-0.2, 0) is 10.0 Å². The van der Waals surface area contributed by atoms with Crippen molar-refractivity contribution in [2.45, 2.75) is 0 Å². The molecule has 0 aliphatic carbocycles. The molecule has 0 fully saturated rings. The van der Waals surface area contributed by atoms with Crippen molar-refractivity contribution < 1.29 is 8.42 Å². The molecule has 0 unspecified atom stereocenters. The van der Waals surface area contributed by atoms with Crippen molar-refractivity contribution >= 4 is 15.7 Å². The lowest BCUT2D eigenvalue weighted by Crippen LogP contribution is -2.15. The minimum absolute atomic E-state index is 0.470. The van der Waals surface area contributed by atoms with Gasteiger partial charge in [-0.15, -0.1) is 0 Å². The third kappa shape index (κ3) is 3.13. The zero-order valence-electron chi connectivity index (χ0n) is 6.77. The van der Waals surface area contributed by atoms with E-state index in [0.717, 1.165) is 0 Å². The van der Waals surface area contributed by atoms with Crippen molar-refractivity contribution in [3.8, 4) is 6.07 Å². The van der Waals surface area contributed by atoms with Gasteiger partial charge >= 0.3 is 0 Å². The molecular weight excluding hydrogens is 188 g/mol. The molecule has 0 bridgehead atoms. The van der Waals surface area contributed by atoms with E-state index in [1.807, 2.05) is 0 Å². The van der Waals surface area contributed by atoms with Gasteiger partial charge in [0.1, 0.15) is 0 Å². The Balaban J connectivity index is 2.77. The van der Waals surface area contributed by atoms with Crippen LogP contribution in [0.2, 0.25) is 0 Å².